The van der Waals surface area contributed by atoms with Crippen LogP contribution in [0.3, 0.4) is 0 Å². The number of hydrogen-bond acceptors (Lipinski definition) is 2. The van der Waals surface area contributed by atoms with Crippen molar-refractivity contribution >= 4 is 5.91 Å². The normalized spacial score (nSPS) is 11.5. The van der Waals surface area contributed by atoms with E-state index < -0.39 is 0 Å². The molecule has 0 aliphatic rings. The molecule has 2 rings (SSSR count). The third kappa shape index (κ3) is 5.55. The largest absolute Gasteiger partial charge is 0.353 e. The topological polar surface area (TPSA) is 52.9 Å². The maximum Gasteiger partial charge on any atom is 0.220 e. The second-order valence-electron chi connectivity index (χ2n) is 5.61. The summed E-state index contributed by atoms with van der Waals surface area (Å²) in [4.78, 5) is 12.0. The smallest absolute Gasteiger partial charge is 0.220 e. The molecule has 1 N–H and O–H groups in total. The Morgan fingerprint density at radius 1 is 1.13 bits per heavy atom. The first-order chi connectivity index (χ1) is 11.1. The van der Waals surface area contributed by atoms with Crippen LogP contribution >= 0.6 is 0 Å². The first-order valence-corrected chi connectivity index (χ1v) is 7.59. The van der Waals surface area contributed by atoms with Gasteiger partial charge in [-0.15, -0.1) is 0 Å². The Morgan fingerprint density at radius 3 is 2.35 bits per heavy atom. The number of nitrogens with one attached hydrogen (secondary N) is 1. The maximum absolute atomic E-state index is 12.9. The van der Waals surface area contributed by atoms with Gasteiger partial charge in [-0.2, -0.15) is 5.26 Å². The van der Waals surface area contributed by atoms with Gasteiger partial charge in [0.05, 0.1) is 11.6 Å². The molecule has 2 aromatic carbocycles. The molecule has 118 valence electrons. The van der Waals surface area contributed by atoms with Gasteiger partial charge in [0, 0.05) is 12.5 Å². The van der Waals surface area contributed by atoms with Crippen LogP contribution in [0, 0.1) is 17.1 Å². The third-order valence-corrected chi connectivity index (χ3v) is 3.59. The van der Waals surface area contributed by atoms with Crippen molar-refractivity contribution < 1.29 is 9.18 Å². The van der Waals surface area contributed by atoms with Crippen LogP contribution in [-0.2, 0) is 17.6 Å². The summed E-state index contributed by atoms with van der Waals surface area (Å²) in [5, 5.41) is 11.7. The summed E-state index contributed by atoms with van der Waals surface area (Å²) < 4.78 is 12.9. The number of aryl methyl sites for hydroxylation is 1. The van der Waals surface area contributed by atoms with Crippen LogP contribution in [-0.4, -0.2) is 11.9 Å². The molecule has 0 aliphatic carbocycles. The zero-order valence-electron chi connectivity index (χ0n) is 13.1. The molecular weight excluding hydrogens is 291 g/mol. The molecule has 0 saturated carbocycles. The van der Waals surface area contributed by atoms with Crippen LogP contribution in [0.2, 0.25) is 0 Å². The van der Waals surface area contributed by atoms with Crippen LogP contribution in [0.15, 0.2) is 48.5 Å². The summed E-state index contributed by atoms with van der Waals surface area (Å²) in [6.07, 6.45) is 1.71. The summed E-state index contributed by atoms with van der Waals surface area (Å²) in [5.74, 6) is -0.267. The number of nitrogens with zero attached hydrogens (tertiary/aromatic N) is 1. The van der Waals surface area contributed by atoms with E-state index in [0.717, 1.165) is 11.1 Å². The highest BCUT2D eigenvalue weighted by molar-refractivity contribution is 5.76. The monoisotopic (exact) mass is 310 g/mol. The quantitative estimate of drug-likeness (QED) is 0.889. The minimum atomic E-state index is -0.257. The first kappa shape index (κ1) is 16.7. The number of carbonyl (C=O) groups is 1. The van der Waals surface area contributed by atoms with E-state index in [9.17, 15) is 9.18 Å². The Kier molecular flexibility index (Phi) is 5.87. The maximum atomic E-state index is 12.9. The Labute approximate surface area is 135 Å². The molecule has 0 heterocycles. The van der Waals surface area contributed by atoms with Gasteiger partial charge in [0.15, 0.2) is 0 Å². The SMILES string of the molecule is CC(Cc1ccc(F)cc1)NC(=O)CCc1ccc(C#N)cc1. The molecule has 0 bridgehead atoms. The summed E-state index contributed by atoms with van der Waals surface area (Å²) in [6, 6.07) is 15.6. The second kappa shape index (κ2) is 8.09. The fourth-order valence-corrected chi connectivity index (χ4v) is 2.38. The minimum absolute atomic E-state index is 0.00562. The average Bonchev–Trinajstić information content (AvgIpc) is 2.55. The molecule has 0 spiro atoms. The number of halogens is 1. The van der Waals surface area contributed by atoms with E-state index in [1.807, 2.05) is 19.1 Å². The lowest BCUT2D eigenvalue weighted by atomic mass is 10.1. The molecule has 1 unspecified atom stereocenters. The standard InChI is InChI=1S/C19H19FN2O/c1-14(12-16-6-9-18(20)10-7-16)22-19(23)11-8-15-2-4-17(13-21)5-3-15/h2-7,9-10,14H,8,11-12H2,1H3,(H,22,23). The van der Waals surface area contributed by atoms with Crippen molar-refractivity contribution in [1.29, 1.82) is 5.26 Å². The van der Waals surface area contributed by atoms with E-state index in [1.165, 1.54) is 12.1 Å². The van der Waals surface area contributed by atoms with Gasteiger partial charge in [0.2, 0.25) is 5.91 Å². The van der Waals surface area contributed by atoms with Crippen LogP contribution in [0.4, 0.5) is 4.39 Å². The fourth-order valence-electron chi connectivity index (χ4n) is 2.38. The zero-order valence-corrected chi connectivity index (χ0v) is 13.1. The van der Waals surface area contributed by atoms with Crippen LogP contribution < -0.4 is 5.32 Å². The molecule has 4 heteroatoms. The zero-order chi connectivity index (χ0) is 16.7. The Morgan fingerprint density at radius 2 is 1.74 bits per heavy atom. The van der Waals surface area contributed by atoms with E-state index in [4.69, 9.17) is 5.26 Å². The summed E-state index contributed by atoms with van der Waals surface area (Å²) >= 11 is 0. The number of amides is 1. The van der Waals surface area contributed by atoms with Gasteiger partial charge in [-0.1, -0.05) is 24.3 Å². The van der Waals surface area contributed by atoms with Crippen molar-refractivity contribution in [3.05, 3.63) is 71.0 Å². The molecule has 0 saturated heterocycles. The molecule has 0 radical (unpaired) electrons. The molecule has 0 fully saturated rings. The van der Waals surface area contributed by atoms with Crippen LogP contribution in [0.5, 0.6) is 0 Å². The van der Waals surface area contributed by atoms with E-state index in [-0.39, 0.29) is 17.8 Å². The van der Waals surface area contributed by atoms with Gasteiger partial charge < -0.3 is 5.32 Å². The highest BCUT2D eigenvalue weighted by Gasteiger charge is 2.08. The highest BCUT2D eigenvalue weighted by atomic mass is 19.1. The van der Waals surface area contributed by atoms with E-state index in [1.54, 1.807) is 24.3 Å². The Bertz CT molecular complexity index is 687. The van der Waals surface area contributed by atoms with Gasteiger partial charge in [-0.25, -0.2) is 4.39 Å². The fraction of sp³-hybridized carbons (Fsp3) is 0.263. The van der Waals surface area contributed by atoms with Crippen molar-refractivity contribution in [2.45, 2.75) is 32.2 Å². The van der Waals surface area contributed by atoms with Crippen molar-refractivity contribution in [3.8, 4) is 6.07 Å². The third-order valence-electron chi connectivity index (χ3n) is 3.59. The predicted molar refractivity (Wildman–Crippen MR) is 87.2 cm³/mol. The minimum Gasteiger partial charge on any atom is -0.353 e. The lowest BCUT2D eigenvalue weighted by molar-refractivity contribution is -0.121. The number of hydrogen-bond donors (Lipinski definition) is 1. The second-order valence-corrected chi connectivity index (χ2v) is 5.61. The van der Waals surface area contributed by atoms with Gasteiger partial charge in [0.25, 0.3) is 0 Å². The number of nitriles is 1. The molecule has 0 aromatic heterocycles. The highest BCUT2D eigenvalue weighted by Crippen LogP contribution is 2.08. The average molecular weight is 310 g/mol. The first-order valence-electron chi connectivity index (χ1n) is 7.59. The Balaban J connectivity index is 1.77. The number of benzene rings is 2. The number of carbonyl (C=O) groups excluding carboxylic acids is 1. The van der Waals surface area contributed by atoms with Crippen molar-refractivity contribution in [1.82, 2.24) is 5.32 Å². The van der Waals surface area contributed by atoms with Crippen molar-refractivity contribution in [2.24, 2.45) is 0 Å². The Hall–Kier alpha value is -2.67. The molecule has 1 amide bonds. The van der Waals surface area contributed by atoms with E-state index in [0.29, 0.717) is 24.8 Å². The lowest BCUT2D eigenvalue weighted by Gasteiger charge is -2.14. The predicted octanol–water partition coefficient (Wildman–Crippen LogP) is 3.38. The lowest BCUT2D eigenvalue weighted by Crippen LogP contribution is -2.34. The van der Waals surface area contributed by atoms with E-state index in [2.05, 4.69) is 11.4 Å². The van der Waals surface area contributed by atoms with Crippen molar-refractivity contribution in [2.75, 3.05) is 0 Å². The van der Waals surface area contributed by atoms with Crippen LogP contribution in [0.25, 0.3) is 0 Å². The van der Waals surface area contributed by atoms with Gasteiger partial charge >= 0.3 is 0 Å². The summed E-state index contributed by atoms with van der Waals surface area (Å²) in [7, 11) is 0. The van der Waals surface area contributed by atoms with Gasteiger partial charge in [-0.05, 0) is 55.2 Å². The molecular formula is C19H19FN2O. The molecule has 2 aromatic rings. The molecule has 0 aliphatic heterocycles. The van der Waals surface area contributed by atoms with E-state index >= 15 is 0 Å². The molecule has 1 atom stereocenters. The summed E-state index contributed by atoms with van der Waals surface area (Å²) in [6.45, 7) is 1.93. The van der Waals surface area contributed by atoms with Crippen LogP contribution in [0.1, 0.15) is 30.0 Å². The van der Waals surface area contributed by atoms with Crippen molar-refractivity contribution in [3.63, 3.8) is 0 Å². The molecule has 23 heavy (non-hydrogen) atoms. The summed E-state index contributed by atoms with van der Waals surface area (Å²) in [5.41, 5.74) is 2.64. The van der Waals surface area contributed by atoms with Gasteiger partial charge in [-0.3, -0.25) is 4.79 Å². The van der Waals surface area contributed by atoms with Gasteiger partial charge in [0.1, 0.15) is 5.82 Å². The number of rotatable bonds is 6. The molecule has 3 nitrogen and oxygen atoms in total.